The van der Waals surface area contributed by atoms with E-state index in [9.17, 15) is 33.7 Å². The van der Waals surface area contributed by atoms with Crippen molar-refractivity contribution in [3.63, 3.8) is 0 Å². The molecule has 0 saturated heterocycles. The van der Waals surface area contributed by atoms with Gasteiger partial charge in [0.15, 0.2) is 11.9 Å². The number of hydrogen-bond donors (Lipinski definition) is 4. The minimum atomic E-state index is -4.78. The number of aliphatic hydroxyl groups excluding tert-OH is 1. The second-order valence-corrected chi connectivity index (χ2v) is 15.9. The van der Waals surface area contributed by atoms with Crippen molar-refractivity contribution in [3.8, 4) is 0 Å². The Bertz CT molecular complexity index is 1400. The Morgan fingerprint density at radius 2 is 1.45 bits per heavy atom. The Labute approximate surface area is 346 Å². The van der Waals surface area contributed by atoms with Crippen molar-refractivity contribution >= 4 is 31.5 Å². The smallest absolute Gasteiger partial charge is 0.472 e. The van der Waals surface area contributed by atoms with E-state index in [4.69, 9.17) is 24.8 Å². The molecule has 1 aliphatic rings. The largest absolute Gasteiger partial charge is 0.480 e. The highest BCUT2D eigenvalue weighted by molar-refractivity contribution is 7.47. The highest BCUT2D eigenvalue weighted by Crippen LogP contribution is 2.43. The number of allylic oxidation sites excluding steroid dienone is 11. The van der Waals surface area contributed by atoms with Crippen molar-refractivity contribution in [1.82, 2.24) is 0 Å². The normalized spacial score (nSPS) is 18.5. The summed E-state index contributed by atoms with van der Waals surface area (Å²) >= 11 is 0. The van der Waals surface area contributed by atoms with E-state index in [2.05, 4.69) is 54.8 Å². The van der Waals surface area contributed by atoms with Crippen LogP contribution >= 0.6 is 7.82 Å². The molecule has 58 heavy (non-hydrogen) atoms. The van der Waals surface area contributed by atoms with E-state index in [1.54, 1.807) is 18.2 Å². The molecule has 14 heteroatoms. The molecule has 0 aliphatic heterocycles. The van der Waals surface area contributed by atoms with Gasteiger partial charge in [0.25, 0.3) is 0 Å². The summed E-state index contributed by atoms with van der Waals surface area (Å²) in [5.74, 6) is -2.92. The molecule has 1 unspecified atom stereocenters. The number of unbranched alkanes of at least 4 members (excludes halogenated alkanes) is 8. The fourth-order valence-corrected chi connectivity index (χ4v) is 6.55. The number of carbonyl (C=O) groups excluding carboxylic acids is 3. The van der Waals surface area contributed by atoms with Crippen LogP contribution in [0.1, 0.15) is 129 Å². The Hall–Kier alpha value is -3.45. The van der Waals surface area contributed by atoms with E-state index < -0.39 is 63.8 Å². The predicted octanol–water partition coefficient (Wildman–Crippen LogP) is 8.56. The lowest BCUT2D eigenvalue weighted by Gasteiger charge is -2.20. The molecule has 0 heterocycles. The molecular formula is C44H70NO12P. The number of carboxylic acids is 1. The van der Waals surface area contributed by atoms with Crippen LogP contribution in [-0.2, 0) is 42.3 Å². The first-order chi connectivity index (χ1) is 27.9. The number of esters is 2. The van der Waals surface area contributed by atoms with Crippen molar-refractivity contribution in [2.45, 2.75) is 148 Å². The average Bonchev–Trinajstić information content (AvgIpc) is 3.55. The molecule has 13 nitrogen and oxygen atoms in total. The number of rotatable bonds is 35. The highest BCUT2D eigenvalue weighted by atomic mass is 31.2. The molecule has 328 valence electrons. The molecule has 0 aromatic rings. The van der Waals surface area contributed by atoms with Crippen LogP contribution in [0, 0.1) is 11.8 Å². The monoisotopic (exact) mass is 835 g/mol. The number of nitrogens with two attached hydrogens (primary N) is 1. The number of ether oxygens (including phenoxy) is 2. The SMILES string of the molecule is CC/C=C\C/C=C\C/C=C\CCCCCCCC(=O)OC[C@H](COP(=O)(O)OC[C@H](N)C(=O)O)OC(=O)CCC/C=C\C[C@H]1C=CC(=O)[C@@H]1/C=C/[C@@H](O)CCCCC. The van der Waals surface area contributed by atoms with Gasteiger partial charge in [-0.3, -0.25) is 28.2 Å². The zero-order chi connectivity index (χ0) is 42.9. The molecule has 0 bridgehead atoms. The van der Waals surface area contributed by atoms with Crippen molar-refractivity contribution in [1.29, 1.82) is 0 Å². The van der Waals surface area contributed by atoms with Gasteiger partial charge >= 0.3 is 25.7 Å². The van der Waals surface area contributed by atoms with Crippen LogP contribution < -0.4 is 5.73 Å². The fraction of sp³-hybridized carbons (Fsp3) is 0.636. The number of carboxylic acid groups (broad SMARTS) is 1. The molecule has 0 aromatic heterocycles. The molecule has 0 amide bonds. The van der Waals surface area contributed by atoms with Gasteiger partial charge in [0.2, 0.25) is 0 Å². The Morgan fingerprint density at radius 1 is 0.810 bits per heavy atom. The second-order valence-electron chi connectivity index (χ2n) is 14.4. The lowest BCUT2D eigenvalue weighted by molar-refractivity contribution is -0.161. The summed E-state index contributed by atoms with van der Waals surface area (Å²) in [6, 6.07) is -1.56. The third-order valence-corrected chi connectivity index (χ3v) is 10.1. The average molecular weight is 836 g/mol. The van der Waals surface area contributed by atoms with Gasteiger partial charge in [0.1, 0.15) is 12.6 Å². The summed E-state index contributed by atoms with van der Waals surface area (Å²) in [5, 5.41) is 19.1. The first kappa shape index (κ1) is 52.6. The van der Waals surface area contributed by atoms with Gasteiger partial charge in [-0.1, -0.05) is 119 Å². The molecule has 0 fully saturated rings. The minimum Gasteiger partial charge on any atom is -0.480 e. The number of aliphatic carboxylic acids is 1. The van der Waals surface area contributed by atoms with E-state index in [1.165, 1.54) is 0 Å². The van der Waals surface area contributed by atoms with Crippen molar-refractivity contribution in [2.75, 3.05) is 19.8 Å². The molecule has 0 spiro atoms. The maximum atomic E-state index is 12.7. The highest BCUT2D eigenvalue weighted by Gasteiger charge is 2.29. The number of carbonyl (C=O) groups is 4. The fourth-order valence-electron chi connectivity index (χ4n) is 5.77. The molecule has 1 aliphatic carbocycles. The van der Waals surface area contributed by atoms with E-state index in [0.717, 1.165) is 70.6 Å². The molecule has 5 N–H and O–H groups in total. The van der Waals surface area contributed by atoms with Gasteiger partial charge < -0.3 is 30.3 Å². The summed E-state index contributed by atoms with van der Waals surface area (Å²) < 4.78 is 32.6. The molecule has 1 rings (SSSR count). The maximum Gasteiger partial charge on any atom is 0.472 e. The standard InChI is InChI=1S/C44H70NO12P/c1-3-5-7-8-9-10-11-12-13-14-15-16-17-18-23-27-42(48)54-33-38(34-55-58(52,53)56-35-40(45)44(50)51)57-43(49)28-24-20-19-22-25-36-29-32-41(47)39(36)31-30-37(46)26-21-6-4-2/h5,7,9-10,12-13,19,22,29-32,36-40,46H,3-4,6,8,11,14-18,20-21,23-28,33-35,45H2,1-2H3,(H,50,51)(H,52,53)/b7-5-,10-9-,13-12-,22-19-,31-30+/t36-,37-,38+,39+,40-/m0/s1. The molecule has 6 atom stereocenters. The van der Waals surface area contributed by atoms with Crippen LogP contribution in [0.2, 0.25) is 0 Å². The van der Waals surface area contributed by atoms with Crippen LogP contribution in [0.5, 0.6) is 0 Å². The van der Waals surface area contributed by atoms with Gasteiger partial charge in [-0.2, -0.15) is 0 Å². The Kier molecular flexibility index (Phi) is 30.3. The molecule has 0 aromatic carbocycles. The number of aliphatic hydroxyl groups is 1. The van der Waals surface area contributed by atoms with Crippen molar-refractivity contribution in [3.05, 3.63) is 72.9 Å². The van der Waals surface area contributed by atoms with Gasteiger partial charge in [0, 0.05) is 18.8 Å². The lowest BCUT2D eigenvalue weighted by atomic mass is 9.90. The summed E-state index contributed by atoms with van der Waals surface area (Å²) in [4.78, 5) is 58.5. The first-order valence-electron chi connectivity index (χ1n) is 21.0. The van der Waals surface area contributed by atoms with E-state index in [-0.39, 0.29) is 30.5 Å². The van der Waals surface area contributed by atoms with Gasteiger partial charge in [-0.05, 0) is 76.2 Å². The quantitative estimate of drug-likeness (QED) is 0.0204. The van der Waals surface area contributed by atoms with Crippen LogP contribution in [0.3, 0.4) is 0 Å². The van der Waals surface area contributed by atoms with Crippen molar-refractivity contribution < 1.29 is 57.4 Å². The third kappa shape index (κ3) is 28.1. The van der Waals surface area contributed by atoms with Crippen LogP contribution in [-0.4, -0.2) is 76.9 Å². The predicted molar refractivity (Wildman–Crippen MR) is 225 cm³/mol. The lowest BCUT2D eigenvalue weighted by Crippen LogP contribution is -2.34. The van der Waals surface area contributed by atoms with E-state index >= 15 is 0 Å². The number of phosphoric ester groups is 1. The van der Waals surface area contributed by atoms with Gasteiger partial charge in [0.05, 0.1) is 19.3 Å². The van der Waals surface area contributed by atoms with E-state index in [1.807, 2.05) is 18.2 Å². The number of hydrogen-bond acceptors (Lipinski definition) is 11. The van der Waals surface area contributed by atoms with Crippen LogP contribution in [0.15, 0.2) is 72.9 Å². The minimum absolute atomic E-state index is 0.00240. The first-order valence-corrected chi connectivity index (χ1v) is 22.5. The molecule has 0 radical (unpaired) electrons. The van der Waals surface area contributed by atoms with Gasteiger partial charge in [-0.15, -0.1) is 0 Å². The molecule has 0 saturated carbocycles. The zero-order valence-corrected chi connectivity index (χ0v) is 35.6. The third-order valence-electron chi connectivity index (χ3n) is 9.19. The summed E-state index contributed by atoms with van der Waals surface area (Å²) in [5.41, 5.74) is 5.32. The Morgan fingerprint density at radius 3 is 2.17 bits per heavy atom. The second kappa shape index (κ2) is 33.4. The van der Waals surface area contributed by atoms with E-state index in [0.29, 0.717) is 32.1 Å². The van der Waals surface area contributed by atoms with Gasteiger partial charge in [-0.25, -0.2) is 4.57 Å². The van der Waals surface area contributed by atoms with Crippen molar-refractivity contribution in [2.24, 2.45) is 17.6 Å². The topological polar surface area (TPSA) is 209 Å². The summed E-state index contributed by atoms with van der Waals surface area (Å²) in [7, 11) is -4.78. The summed E-state index contributed by atoms with van der Waals surface area (Å²) in [6.07, 6.45) is 36.0. The van der Waals surface area contributed by atoms with Crippen LogP contribution in [0.4, 0.5) is 0 Å². The maximum absolute atomic E-state index is 12.7. The zero-order valence-electron chi connectivity index (χ0n) is 34.7. The summed E-state index contributed by atoms with van der Waals surface area (Å²) in [6.45, 7) is 2.34. The van der Waals surface area contributed by atoms with Crippen LogP contribution in [0.25, 0.3) is 0 Å². The molecular weight excluding hydrogens is 765 g/mol. The number of ketones is 1. The Balaban J connectivity index is 2.51. The number of phosphoric acid groups is 1.